The first-order valence-electron chi connectivity index (χ1n) is 5.85. The minimum absolute atomic E-state index is 0. The molecule has 4 nitrogen and oxygen atoms in total. The van der Waals surface area contributed by atoms with Crippen molar-refractivity contribution < 1.29 is 4.52 Å². The lowest BCUT2D eigenvalue weighted by atomic mass is 10.3. The van der Waals surface area contributed by atoms with E-state index in [1.807, 2.05) is 0 Å². The van der Waals surface area contributed by atoms with Gasteiger partial charge in [0.15, 0.2) is 5.82 Å². The third kappa shape index (κ3) is 3.76. The Hall–Kier alpha value is -0.610. The van der Waals surface area contributed by atoms with Gasteiger partial charge in [0.05, 0.1) is 6.04 Å². The van der Waals surface area contributed by atoms with Gasteiger partial charge in [-0.05, 0) is 38.6 Å². The molecular formula is C11H20ClN3O. The zero-order chi connectivity index (χ0) is 10.7. The van der Waals surface area contributed by atoms with Gasteiger partial charge in [-0.1, -0.05) is 12.1 Å². The molecule has 1 saturated carbocycles. The second-order valence-electron chi connectivity index (χ2n) is 4.37. The molecule has 1 atom stereocenters. The summed E-state index contributed by atoms with van der Waals surface area (Å²) < 4.78 is 5.23. The van der Waals surface area contributed by atoms with Gasteiger partial charge in [0.25, 0.3) is 0 Å². The van der Waals surface area contributed by atoms with Crippen LogP contribution in [0.1, 0.15) is 50.9 Å². The number of nitrogens with one attached hydrogen (secondary N) is 1. The van der Waals surface area contributed by atoms with E-state index in [-0.39, 0.29) is 18.4 Å². The van der Waals surface area contributed by atoms with E-state index in [0.717, 1.165) is 37.0 Å². The first kappa shape index (κ1) is 13.5. The lowest BCUT2D eigenvalue weighted by molar-refractivity contribution is 0.336. The highest BCUT2D eigenvalue weighted by Crippen LogP contribution is 2.31. The predicted octanol–water partition coefficient (Wildman–Crippen LogP) is 2.50. The van der Waals surface area contributed by atoms with Crippen LogP contribution in [0.5, 0.6) is 0 Å². The van der Waals surface area contributed by atoms with Crippen LogP contribution in [-0.4, -0.2) is 16.7 Å². The monoisotopic (exact) mass is 245 g/mol. The number of halogens is 1. The van der Waals surface area contributed by atoms with Gasteiger partial charge in [-0.2, -0.15) is 4.98 Å². The minimum atomic E-state index is 0. The van der Waals surface area contributed by atoms with Crippen molar-refractivity contribution in [2.24, 2.45) is 5.92 Å². The Balaban J connectivity index is 0.00000128. The molecule has 0 aromatic carbocycles. The van der Waals surface area contributed by atoms with Gasteiger partial charge < -0.3 is 9.84 Å². The van der Waals surface area contributed by atoms with E-state index >= 15 is 0 Å². The van der Waals surface area contributed by atoms with E-state index in [1.54, 1.807) is 0 Å². The lowest BCUT2D eigenvalue weighted by Crippen LogP contribution is -2.19. The second-order valence-corrected chi connectivity index (χ2v) is 4.37. The zero-order valence-electron chi connectivity index (χ0n) is 9.90. The summed E-state index contributed by atoms with van der Waals surface area (Å²) in [7, 11) is 0. The number of hydrogen-bond acceptors (Lipinski definition) is 4. The summed E-state index contributed by atoms with van der Waals surface area (Å²) in [6.45, 7) is 5.19. The predicted molar refractivity (Wildman–Crippen MR) is 64.7 cm³/mol. The summed E-state index contributed by atoms with van der Waals surface area (Å²) in [5, 5.41) is 7.33. The molecule has 16 heavy (non-hydrogen) atoms. The summed E-state index contributed by atoms with van der Waals surface area (Å²) in [6, 6.07) is 0.172. The Morgan fingerprint density at radius 3 is 2.88 bits per heavy atom. The van der Waals surface area contributed by atoms with Crippen LogP contribution in [0.25, 0.3) is 0 Å². The molecule has 0 saturated heterocycles. The Labute approximate surface area is 103 Å². The van der Waals surface area contributed by atoms with Crippen LogP contribution in [0.2, 0.25) is 0 Å². The first-order chi connectivity index (χ1) is 7.29. The highest BCUT2D eigenvalue weighted by molar-refractivity contribution is 5.85. The maximum Gasteiger partial charge on any atom is 0.243 e. The quantitative estimate of drug-likeness (QED) is 0.837. The molecule has 5 heteroatoms. The number of hydrogen-bond donors (Lipinski definition) is 1. The molecule has 1 unspecified atom stereocenters. The minimum Gasteiger partial charge on any atom is -0.338 e. The summed E-state index contributed by atoms with van der Waals surface area (Å²) in [5.74, 6) is 2.41. The molecule has 0 bridgehead atoms. The molecule has 1 fully saturated rings. The molecule has 1 heterocycles. The molecule has 2 rings (SSSR count). The van der Waals surface area contributed by atoms with Crippen molar-refractivity contribution >= 4 is 12.4 Å². The molecule has 1 aliphatic carbocycles. The summed E-state index contributed by atoms with van der Waals surface area (Å²) >= 11 is 0. The van der Waals surface area contributed by atoms with Crippen molar-refractivity contribution in [3.05, 3.63) is 11.7 Å². The normalized spacial score (nSPS) is 16.9. The SMILES string of the molecule is CCCNC(C)c1nc(CC2CC2)no1.Cl. The fourth-order valence-corrected chi connectivity index (χ4v) is 1.55. The molecule has 0 aliphatic heterocycles. The van der Waals surface area contributed by atoms with Crippen molar-refractivity contribution in [3.8, 4) is 0 Å². The van der Waals surface area contributed by atoms with Gasteiger partial charge in [0, 0.05) is 6.42 Å². The fourth-order valence-electron chi connectivity index (χ4n) is 1.55. The highest BCUT2D eigenvalue weighted by Gasteiger charge is 2.24. The van der Waals surface area contributed by atoms with Crippen molar-refractivity contribution in [1.29, 1.82) is 0 Å². The number of aromatic nitrogens is 2. The van der Waals surface area contributed by atoms with E-state index in [1.165, 1.54) is 12.8 Å². The van der Waals surface area contributed by atoms with E-state index in [0.29, 0.717) is 0 Å². The maximum absolute atomic E-state index is 5.23. The lowest BCUT2D eigenvalue weighted by Gasteiger charge is -2.06. The van der Waals surface area contributed by atoms with Crippen molar-refractivity contribution in [2.75, 3.05) is 6.54 Å². The third-order valence-corrected chi connectivity index (χ3v) is 2.72. The Kier molecular flexibility index (Phi) is 5.22. The average molecular weight is 246 g/mol. The summed E-state index contributed by atoms with van der Waals surface area (Å²) in [4.78, 5) is 4.40. The molecule has 0 radical (unpaired) electrons. The number of nitrogens with zero attached hydrogens (tertiary/aromatic N) is 2. The van der Waals surface area contributed by atoms with E-state index in [9.17, 15) is 0 Å². The maximum atomic E-state index is 5.23. The van der Waals surface area contributed by atoms with E-state index in [4.69, 9.17) is 4.52 Å². The van der Waals surface area contributed by atoms with Gasteiger partial charge in [-0.3, -0.25) is 0 Å². The smallest absolute Gasteiger partial charge is 0.243 e. The van der Waals surface area contributed by atoms with Gasteiger partial charge in [0.1, 0.15) is 0 Å². The van der Waals surface area contributed by atoms with E-state index < -0.39 is 0 Å². The van der Waals surface area contributed by atoms with Gasteiger partial charge in [-0.25, -0.2) is 0 Å². The Morgan fingerprint density at radius 1 is 1.50 bits per heavy atom. The van der Waals surface area contributed by atoms with Gasteiger partial charge in [0.2, 0.25) is 5.89 Å². The Morgan fingerprint density at radius 2 is 2.25 bits per heavy atom. The van der Waals surface area contributed by atoms with Crippen LogP contribution in [-0.2, 0) is 6.42 Å². The molecule has 0 amide bonds. The van der Waals surface area contributed by atoms with Crippen LogP contribution < -0.4 is 5.32 Å². The van der Waals surface area contributed by atoms with Crippen LogP contribution in [0, 0.1) is 5.92 Å². The summed E-state index contributed by atoms with van der Waals surface area (Å²) in [5.41, 5.74) is 0. The molecule has 1 aromatic heterocycles. The van der Waals surface area contributed by atoms with Crippen LogP contribution in [0.3, 0.4) is 0 Å². The largest absolute Gasteiger partial charge is 0.338 e. The van der Waals surface area contributed by atoms with Gasteiger partial charge in [-0.15, -0.1) is 12.4 Å². The van der Waals surface area contributed by atoms with Gasteiger partial charge >= 0.3 is 0 Å². The van der Waals surface area contributed by atoms with E-state index in [2.05, 4.69) is 29.3 Å². The molecule has 1 aromatic rings. The van der Waals surface area contributed by atoms with Crippen molar-refractivity contribution in [2.45, 2.75) is 45.6 Å². The molecule has 1 aliphatic rings. The first-order valence-corrected chi connectivity index (χ1v) is 5.85. The Bertz CT molecular complexity index is 312. The summed E-state index contributed by atoms with van der Waals surface area (Å²) in [6.07, 6.45) is 4.76. The number of rotatable bonds is 6. The molecule has 1 N–H and O–H groups in total. The zero-order valence-corrected chi connectivity index (χ0v) is 10.7. The van der Waals surface area contributed by atoms with Crippen LogP contribution in [0.15, 0.2) is 4.52 Å². The third-order valence-electron chi connectivity index (χ3n) is 2.72. The van der Waals surface area contributed by atoms with Crippen LogP contribution >= 0.6 is 12.4 Å². The molecular weight excluding hydrogens is 226 g/mol. The standard InChI is InChI=1S/C11H19N3O.ClH/c1-3-6-12-8(2)11-13-10(14-15-11)7-9-4-5-9;/h8-9,12H,3-7H2,1-2H3;1H. The van der Waals surface area contributed by atoms with Crippen LogP contribution in [0.4, 0.5) is 0 Å². The average Bonchev–Trinajstić information content (AvgIpc) is 2.91. The van der Waals surface area contributed by atoms with Crippen molar-refractivity contribution in [3.63, 3.8) is 0 Å². The molecule has 92 valence electrons. The topological polar surface area (TPSA) is 51.0 Å². The molecule has 0 spiro atoms. The second kappa shape index (κ2) is 6.21. The fraction of sp³-hybridized carbons (Fsp3) is 0.818. The van der Waals surface area contributed by atoms with Crippen molar-refractivity contribution in [1.82, 2.24) is 15.5 Å². The highest BCUT2D eigenvalue weighted by atomic mass is 35.5.